The molecule has 10 nitrogen and oxygen atoms in total. The number of nitrogens with one attached hydrogen (secondary N) is 1. The van der Waals surface area contributed by atoms with Crippen molar-refractivity contribution in [1.82, 2.24) is 19.6 Å². The van der Waals surface area contributed by atoms with E-state index in [1.165, 1.54) is 28.9 Å². The highest BCUT2D eigenvalue weighted by Gasteiger charge is 2.33. The summed E-state index contributed by atoms with van der Waals surface area (Å²) in [6, 6.07) is 7.86. The van der Waals surface area contributed by atoms with Crippen molar-refractivity contribution in [3.8, 4) is 0 Å². The van der Waals surface area contributed by atoms with E-state index in [-0.39, 0.29) is 18.0 Å². The molecule has 1 amide bonds. The number of anilines is 2. The van der Waals surface area contributed by atoms with Gasteiger partial charge in [0.05, 0.1) is 35.7 Å². The minimum Gasteiger partial charge on any atom is -0.374 e. The lowest BCUT2D eigenvalue weighted by Gasteiger charge is -2.39. The number of ether oxygens (including phenoxy) is 1. The monoisotopic (exact) mass is 522 g/mol. The van der Waals surface area contributed by atoms with E-state index in [0.29, 0.717) is 19.1 Å². The molecule has 2 atom stereocenters. The second-order valence-corrected chi connectivity index (χ2v) is 11.7. The normalized spacial score (nSPS) is 23.4. The van der Waals surface area contributed by atoms with Crippen LogP contribution in [0.4, 0.5) is 16.3 Å². The Bertz CT molecular complexity index is 1180. The highest BCUT2D eigenvalue weighted by Crippen LogP contribution is 2.35. The number of morpholine rings is 1. The first-order chi connectivity index (χ1) is 16.7. The summed E-state index contributed by atoms with van der Waals surface area (Å²) in [5, 5.41) is 4.82. The minimum atomic E-state index is -3.44. The van der Waals surface area contributed by atoms with Crippen LogP contribution in [0, 0.1) is 0 Å². The third-order valence-corrected chi connectivity index (χ3v) is 7.77. The Morgan fingerprint density at radius 2 is 2.00 bits per heavy atom. The number of hydrogen-bond donors (Lipinski definition) is 1. The third-order valence-electron chi connectivity index (χ3n) is 6.87. The molecular formula is C23H31ClN6O4S. The fourth-order valence-electron chi connectivity index (χ4n) is 5.10. The number of rotatable bonds is 5. The summed E-state index contributed by atoms with van der Waals surface area (Å²) in [4.78, 5) is 19.3. The Labute approximate surface area is 210 Å². The Morgan fingerprint density at radius 1 is 1.20 bits per heavy atom. The topological polar surface area (TPSA) is 100 Å². The molecule has 4 aliphatic heterocycles. The van der Waals surface area contributed by atoms with Gasteiger partial charge in [0.25, 0.3) is 0 Å². The molecule has 6 rings (SSSR count). The highest BCUT2D eigenvalue weighted by atomic mass is 35.5. The molecule has 0 aliphatic carbocycles. The van der Waals surface area contributed by atoms with E-state index in [4.69, 9.17) is 16.3 Å². The summed E-state index contributed by atoms with van der Waals surface area (Å²) in [5.74, 6) is 0.127. The summed E-state index contributed by atoms with van der Waals surface area (Å²) >= 11 is 6.63. The molecule has 2 bridgehead atoms. The number of aromatic nitrogens is 2. The van der Waals surface area contributed by atoms with Gasteiger partial charge in [0, 0.05) is 51.5 Å². The quantitative estimate of drug-likeness (QED) is 0.643. The van der Waals surface area contributed by atoms with Gasteiger partial charge >= 0.3 is 6.03 Å². The maximum atomic E-state index is 12.8. The van der Waals surface area contributed by atoms with Crippen LogP contribution in [0.2, 0.25) is 5.02 Å². The fraction of sp³-hybridized carbons (Fsp3) is 0.565. The van der Waals surface area contributed by atoms with Crippen molar-refractivity contribution in [2.24, 2.45) is 0 Å². The predicted octanol–water partition coefficient (Wildman–Crippen LogP) is 2.45. The van der Waals surface area contributed by atoms with E-state index in [2.05, 4.69) is 31.8 Å². The number of hydrogen-bond acceptors (Lipinski definition) is 7. The summed E-state index contributed by atoms with van der Waals surface area (Å²) in [5.41, 5.74) is 2.30. The molecular weight excluding hydrogens is 492 g/mol. The number of benzene rings is 1. The van der Waals surface area contributed by atoms with Gasteiger partial charge in [-0.05, 0) is 37.0 Å². The molecule has 1 aromatic carbocycles. The van der Waals surface area contributed by atoms with Crippen molar-refractivity contribution in [3.63, 3.8) is 0 Å². The van der Waals surface area contributed by atoms with Crippen LogP contribution in [0.3, 0.4) is 0 Å². The van der Waals surface area contributed by atoms with E-state index in [1.807, 2.05) is 6.07 Å². The number of halogens is 1. The molecule has 35 heavy (non-hydrogen) atoms. The molecule has 1 N–H and O–H groups in total. The Balaban J connectivity index is 1.19. The molecule has 0 spiro atoms. The fourth-order valence-corrected chi connectivity index (χ4v) is 5.82. The lowest BCUT2D eigenvalue weighted by molar-refractivity contribution is 0.0308. The lowest BCUT2D eigenvalue weighted by atomic mass is 10.1. The first-order valence-electron chi connectivity index (χ1n) is 12.0. The van der Waals surface area contributed by atoms with Crippen LogP contribution in [0.25, 0.3) is 0 Å². The average molecular weight is 523 g/mol. The number of sulfonamides is 1. The van der Waals surface area contributed by atoms with Gasteiger partial charge in [0.2, 0.25) is 10.0 Å². The van der Waals surface area contributed by atoms with Gasteiger partial charge in [0.15, 0.2) is 5.82 Å². The summed E-state index contributed by atoms with van der Waals surface area (Å²) in [6.07, 6.45) is 6.24. The van der Waals surface area contributed by atoms with Crippen LogP contribution in [-0.4, -0.2) is 91.8 Å². The van der Waals surface area contributed by atoms with Crippen LogP contribution < -0.4 is 9.62 Å². The lowest BCUT2D eigenvalue weighted by Crippen LogP contribution is -2.49. The van der Waals surface area contributed by atoms with Crippen LogP contribution in [0.15, 0.2) is 30.5 Å². The van der Waals surface area contributed by atoms with Gasteiger partial charge in [-0.15, -0.1) is 5.10 Å². The second-order valence-electron chi connectivity index (χ2n) is 9.54. The predicted molar refractivity (Wildman–Crippen MR) is 135 cm³/mol. The smallest absolute Gasteiger partial charge is 0.344 e. The van der Waals surface area contributed by atoms with Gasteiger partial charge in [-0.25, -0.2) is 13.2 Å². The van der Waals surface area contributed by atoms with Gasteiger partial charge < -0.3 is 14.5 Å². The van der Waals surface area contributed by atoms with Crippen LogP contribution in [0.5, 0.6) is 0 Å². The van der Waals surface area contributed by atoms with Crippen molar-refractivity contribution in [3.05, 3.63) is 41.0 Å². The van der Waals surface area contributed by atoms with E-state index in [9.17, 15) is 13.2 Å². The standard InChI is InChI=1S/C23H31ClN6O4S/c1-35(32,33)26-22-7-8-30(25-22)23(31)28-11-9-27(10-12-28)14-17-5-6-20(24)21(13-17)29-15-19-4-2-3-18(29)16-34-19/h5-8,13,18-19H,2-4,9-12,14-16H2,1H3,(H,25,26). The SMILES string of the molecule is CS(=O)(=O)Nc1ccn(C(=O)N2CCN(Cc3ccc(Cl)c(N4CC5CCCC4CO5)c3)CC2)n1. The molecule has 2 aromatic rings. The number of nitrogens with zero attached hydrogens (tertiary/aromatic N) is 5. The van der Waals surface area contributed by atoms with Crippen molar-refractivity contribution < 1.29 is 17.9 Å². The van der Waals surface area contributed by atoms with Crippen molar-refractivity contribution in [2.75, 3.05) is 55.2 Å². The zero-order chi connectivity index (χ0) is 24.6. The first-order valence-corrected chi connectivity index (χ1v) is 14.2. The van der Waals surface area contributed by atoms with E-state index >= 15 is 0 Å². The van der Waals surface area contributed by atoms with Crippen molar-refractivity contribution in [2.45, 2.75) is 38.0 Å². The summed E-state index contributed by atoms with van der Waals surface area (Å²) in [7, 11) is -3.44. The Morgan fingerprint density at radius 3 is 2.77 bits per heavy atom. The first kappa shape index (κ1) is 24.4. The number of amides is 1. The van der Waals surface area contributed by atoms with Crippen molar-refractivity contribution in [1.29, 1.82) is 0 Å². The molecule has 4 fully saturated rings. The molecule has 12 heteroatoms. The number of carbonyl (C=O) groups excluding carboxylic acids is 1. The Kier molecular flexibility index (Phi) is 6.93. The van der Waals surface area contributed by atoms with E-state index in [0.717, 1.165) is 62.6 Å². The van der Waals surface area contributed by atoms with Gasteiger partial charge in [0.1, 0.15) is 0 Å². The van der Waals surface area contributed by atoms with Gasteiger partial charge in [-0.1, -0.05) is 17.7 Å². The third kappa shape index (κ3) is 5.74. The maximum Gasteiger partial charge on any atom is 0.344 e. The average Bonchev–Trinajstić information content (AvgIpc) is 3.03. The summed E-state index contributed by atoms with van der Waals surface area (Å²) < 4.78 is 32.2. The molecule has 190 valence electrons. The highest BCUT2D eigenvalue weighted by molar-refractivity contribution is 7.92. The molecule has 4 saturated heterocycles. The van der Waals surface area contributed by atoms with E-state index < -0.39 is 10.0 Å². The molecule has 1 aromatic heterocycles. The van der Waals surface area contributed by atoms with Gasteiger partial charge in [-0.2, -0.15) is 4.68 Å². The number of carbonyl (C=O) groups is 1. The van der Waals surface area contributed by atoms with Crippen LogP contribution >= 0.6 is 11.6 Å². The maximum absolute atomic E-state index is 12.8. The van der Waals surface area contributed by atoms with Crippen molar-refractivity contribution >= 4 is 39.2 Å². The molecule has 2 unspecified atom stereocenters. The zero-order valence-electron chi connectivity index (χ0n) is 19.8. The number of piperazine rings is 1. The largest absolute Gasteiger partial charge is 0.374 e. The minimum absolute atomic E-state index is 0.127. The molecule has 5 heterocycles. The molecule has 0 radical (unpaired) electrons. The molecule has 0 saturated carbocycles. The summed E-state index contributed by atoms with van der Waals surface area (Å²) in [6.45, 7) is 5.06. The molecule has 4 aliphatic rings. The zero-order valence-corrected chi connectivity index (χ0v) is 21.3. The van der Waals surface area contributed by atoms with Gasteiger partial charge in [-0.3, -0.25) is 9.62 Å². The van der Waals surface area contributed by atoms with E-state index in [1.54, 1.807) is 4.90 Å². The van der Waals surface area contributed by atoms with Crippen LogP contribution in [0.1, 0.15) is 24.8 Å². The van der Waals surface area contributed by atoms with Crippen LogP contribution in [-0.2, 0) is 21.3 Å². The Hall–Kier alpha value is -2.34. The number of fused-ring (bicyclic) bond motifs is 4. The second kappa shape index (κ2) is 9.96.